The Hall–Kier alpha value is -2.31. The predicted molar refractivity (Wildman–Crippen MR) is 87.5 cm³/mol. The van der Waals surface area contributed by atoms with E-state index in [2.05, 4.69) is 5.32 Å². The second-order valence-corrected chi connectivity index (χ2v) is 6.05. The average molecular weight is 331 g/mol. The van der Waals surface area contributed by atoms with Crippen LogP contribution in [0.4, 0.5) is 0 Å². The summed E-state index contributed by atoms with van der Waals surface area (Å²) in [7, 11) is 0. The smallest absolute Gasteiger partial charge is 0.254 e. The summed E-state index contributed by atoms with van der Waals surface area (Å²) in [5.41, 5.74) is 1.45. The summed E-state index contributed by atoms with van der Waals surface area (Å²) >= 11 is 1.58. The number of hydrogen-bond acceptors (Lipinski definition) is 5. The van der Waals surface area contributed by atoms with Gasteiger partial charge in [-0.15, -0.1) is 0 Å². The van der Waals surface area contributed by atoms with Gasteiger partial charge in [0.15, 0.2) is 0 Å². The Bertz CT molecular complexity index is 801. The third kappa shape index (κ3) is 3.38. The quantitative estimate of drug-likeness (QED) is 0.748. The van der Waals surface area contributed by atoms with Crippen molar-refractivity contribution in [2.75, 3.05) is 6.54 Å². The Labute approximate surface area is 137 Å². The minimum atomic E-state index is -0.903. The zero-order valence-electron chi connectivity index (χ0n) is 12.8. The maximum Gasteiger partial charge on any atom is 0.254 e. The lowest BCUT2D eigenvalue weighted by atomic mass is 10.2. The molecule has 3 aromatic heterocycles. The number of hydrogen-bond donors (Lipinski definition) is 2. The van der Waals surface area contributed by atoms with Crippen LogP contribution in [0.5, 0.6) is 0 Å². The molecule has 3 aromatic rings. The molecule has 120 valence electrons. The summed E-state index contributed by atoms with van der Waals surface area (Å²) in [6, 6.07) is 7.16. The van der Waals surface area contributed by atoms with Crippen molar-refractivity contribution in [3.05, 3.63) is 57.9 Å². The number of nitrogens with one attached hydrogen (secondary N) is 1. The molecule has 1 amide bonds. The van der Waals surface area contributed by atoms with Crippen LogP contribution in [-0.2, 0) is 0 Å². The van der Waals surface area contributed by atoms with Gasteiger partial charge in [-0.3, -0.25) is 4.79 Å². The van der Waals surface area contributed by atoms with Crippen molar-refractivity contribution in [2.45, 2.75) is 20.0 Å². The molecule has 0 bridgehead atoms. The first-order valence-electron chi connectivity index (χ1n) is 7.20. The highest BCUT2D eigenvalue weighted by molar-refractivity contribution is 7.08. The molecule has 6 heteroatoms. The highest BCUT2D eigenvalue weighted by atomic mass is 32.1. The molecule has 0 fully saturated rings. The first-order chi connectivity index (χ1) is 11.0. The molecule has 0 spiro atoms. The molecular weight excluding hydrogens is 314 g/mol. The number of amides is 1. The molecule has 0 aromatic carbocycles. The zero-order valence-corrected chi connectivity index (χ0v) is 13.6. The van der Waals surface area contributed by atoms with Gasteiger partial charge in [0.25, 0.3) is 5.91 Å². The van der Waals surface area contributed by atoms with E-state index < -0.39 is 6.10 Å². The molecule has 0 aliphatic carbocycles. The van der Waals surface area contributed by atoms with Gasteiger partial charge in [0.2, 0.25) is 0 Å². The van der Waals surface area contributed by atoms with Crippen LogP contribution in [0.15, 0.2) is 43.9 Å². The fraction of sp³-hybridized carbons (Fsp3) is 0.235. The monoisotopic (exact) mass is 331 g/mol. The topological polar surface area (TPSA) is 75.6 Å². The highest BCUT2D eigenvalue weighted by Crippen LogP contribution is 2.26. The van der Waals surface area contributed by atoms with Crippen LogP contribution in [0.3, 0.4) is 0 Å². The number of carbonyl (C=O) groups is 1. The van der Waals surface area contributed by atoms with Gasteiger partial charge < -0.3 is 19.3 Å². The Balaban J connectivity index is 1.62. The Morgan fingerprint density at radius 2 is 2.13 bits per heavy atom. The largest absolute Gasteiger partial charge is 0.466 e. The van der Waals surface area contributed by atoms with E-state index in [1.165, 1.54) is 0 Å². The van der Waals surface area contributed by atoms with Gasteiger partial charge in [-0.2, -0.15) is 11.3 Å². The molecule has 1 atom stereocenters. The lowest BCUT2D eigenvalue weighted by Gasteiger charge is -2.09. The Kier molecular flexibility index (Phi) is 4.36. The van der Waals surface area contributed by atoms with E-state index in [0.29, 0.717) is 28.6 Å². The molecule has 0 aliphatic heterocycles. The summed E-state index contributed by atoms with van der Waals surface area (Å²) < 4.78 is 11.0. The number of aryl methyl sites for hydroxylation is 2. The average Bonchev–Trinajstić information content (AvgIpc) is 3.24. The number of furan rings is 2. The van der Waals surface area contributed by atoms with Crippen LogP contribution in [0.25, 0.3) is 11.3 Å². The van der Waals surface area contributed by atoms with E-state index in [0.717, 1.165) is 5.56 Å². The van der Waals surface area contributed by atoms with Crippen molar-refractivity contribution in [1.29, 1.82) is 0 Å². The molecule has 2 N–H and O–H groups in total. The van der Waals surface area contributed by atoms with Gasteiger partial charge in [-0.1, -0.05) is 0 Å². The van der Waals surface area contributed by atoms with Crippen molar-refractivity contribution in [3.8, 4) is 11.3 Å². The van der Waals surface area contributed by atoms with Gasteiger partial charge >= 0.3 is 0 Å². The number of thiophene rings is 1. The number of aliphatic hydroxyl groups excluding tert-OH is 1. The maximum atomic E-state index is 12.1. The standard InChI is InChI=1S/C17H17NO4S/c1-10-7-13(11(2)21-10)17(20)18-8-14(19)16-4-3-15(22-16)12-5-6-23-9-12/h3-7,9,14,19H,8H2,1-2H3,(H,18,20)/t14-/m0/s1. The maximum absolute atomic E-state index is 12.1. The van der Waals surface area contributed by atoms with E-state index in [1.807, 2.05) is 22.9 Å². The summed E-state index contributed by atoms with van der Waals surface area (Å²) in [6.45, 7) is 3.59. The van der Waals surface area contributed by atoms with Gasteiger partial charge in [-0.25, -0.2) is 0 Å². The van der Waals surface area contributed by atoms with Crippen LogP contribution in [0, 0.1) is 13.8 Å². The van der Waals surface area contributed by atoms with Crippen molar-refractivity contribution in [2.24, 2.45) is 0 Å². The molecule has 0 saturated heterocycles. The zero-order chi connectivity index (χ0) is 16.4. The predicted octanol–water partition coefficient (Wildman–Crippen LogP) is 3.68. The van der Waals surface area contributed by atoms with Crippen LogP contribution in [-0.4, -0.2) is 17.6 Å². The number of rotatable bonds is 5. The van der Waals surface area contributed by atoms with Crippen molar-refractivity contribution in [1.82, 2.24) is 5.32 Å². The molecule has 3 heterocycles. The van der Waals surface area contributed by atoms with Crippen molar-refractivity contribution < 1.29 is 18.7 Å². The Morgan fingerprint density at radius 1 is 1.30 bits per heavy atom. The minimum Gasteiger partial charge on any atom is -0.466 e. The SMILES string of the molecule is Cc1cc(C(=O)NC[C@H](O)c2ccc(-c3ccsc3)o2)c(C)o1. The van der Waals surface area contributed by atoms with Crippen LogP contribution < -0.4 is 5.32 Å². The third-order valence-electron chi connectivity index (χ3n) is 3.50. The molecule has 5 nitrogen and oxygen atoms in total. The molecule has 3 rings (SSSR count). The van der Waals surface area contributed by atoms with Crippen LogP contribution in [0.2, 0.25) is 0 Å². The highest BCUT2D eigenvalue weighted by Gasteiger charge is 2.17. The normalized spacial score (nSPS) is 12.3. The second-order valence-electron chi connectivity index (χ2n) is 5.27. The lowest BCUT2D eigenvalue weighted by Crippen LogP contribution is -2.28. The first-order valence-corrected chi connectivity index (χ1v) is 8.14. The first kappa shape index (κ1) is 15.6. The molecule has 0 radical (unpaired) electrons. The lowest BCUT2D eigenvalue weighted by molar-refractivity contribution is 0.0900. The van der Waals surface area contributed by atoms with E-state index in [4.69, 9.17) is 8.83 Å². The summed E-state index contributed by atoms with van der Waals surface area (Å²) in [5, 5.41) is 16.8. The summed E-state index contributed by atoms with van der Waals surface area (Å²) in [6.07, 6.45) is -0.903. The molecular formula is C17H17NO4S. The van der Waals surface area contributed by atoms with Crippen LogP contribution in [0.1, 0.15) is 33.7 Å². The van der Waals surface area contributed by atoms with Crippen molar-refractivity contribution >= 4 is 17.2 Å². The fourth-order valence-corrected chi connectivity index (χ4v) is 2.98. The number of carbonyl (C=O) groups excluding carboxylic acids is 1. The fourth-order valence-electron chi connectivity index (χ4n) is 2.33. The number of aliphatic hydroxyl groups is 1. The van der Waals surface area contributed by atoms with E-state index >= 15 is 0 Å². The molecule has 23 heavy (non-hydrogen) atoms. The van der Waals surface area contributed by atoms with E-state index in [9.17, 15) is 9.90 Å². The minimum absolute atomic E-state index is 0.0685. The third-order valence-corrected chi connectivity index (χ3v) is 4.19. The van der Waals surface area contributed by atoms with E-state index in [1.54, 1.807) is 37.3 Å². The van der Waals surface area contributed by atoms with E-state index in [-0.39, 0.29) is 12.5 Å². The summed E-state index contributed by atoms with van der Waals surface area (Å²) in [5.74, 6) is 2.09. The van der Waals surface area contributed by atoms with Crippen molar-refractivity contribution in [3.63, 3.8) is 0 Å². The second kappa shape index (κ2) is 6.44. The molecule has 0 unspecified atom stereocenters. The van der Waals surface area contributed by atoms with Gasteiger partial charge in [0.05, 0.1) is 12.1 Å². The van der Waals surface area contributed by atoms with Gasteiger partial charge in [-0.05, 0) is 43.5 Å². The van der Waals surface area contributed by atoms with Gasteiger partial charge in [0, 0.05) is 10.9 Å². The summed E-state index contributed by atoms with van der Waals surface area (Å²) in [4.78, 5) is 12.1. The Morgan fingerprint density at radius 3 is 2.78 bits per heavy atom. The molecule has 0 aliphatic rings. The molecule has 0 saturated carbocycles. The van der Waals surface area contributed by atoms with Crippen LogP contribution >= 0.6 is 11.3 Å². The van der Waals surface area contributed by atoms with Gasteiger partial charge in [0.1, 0.15) is 29.1 Å².